The van der Waals surface area contributed by atoms with Gasteiger partial charge in [0.1, 0.15) is 5.82 Å². The summed E-state index contributed by atoms with van der Waals surface area (Å²) in [4.78, 5) is 3.72. The molecule has 0 aliphatic rings. The number of halogens is 2. The number of hydrogen-bond donors (Lipinski definition) is 1. The SMILES string of the molecule is CNC(c1ccc(F)c(OC)c1)c1ccncc1F. The standard InChI is InChI=1S/C14H14F2N2O/c1-17-14(10-5-6-18-8-12(10)16)9-3-4-11(15)13(7-9)19-2/h3-8,14,17H,1-2H3. The third-order valence-electron chi connectivity index (χ3n) is 2.91. The zero-order valence-corrected chi connectivity index (χ0v) is 10.7. The molecule has 0 saturated heterocycles. The predicted octanol–water partition coefficient (Wildman–Crippen LogP) is 2.68. The molecule has 0 bridgehead atoms. The van der Waals surface area contributed by atoms with E-state index in [9.17, 15) is 8.78 Å². The number of benzene rings is 1. The third-order valence-corrected chi connectivity index (χ3v) is 2.91. The summed E-state index contributed by atoms with van der Waals surface area (Å²) in [6.07, 6.45) is 2.67. The number of hydrogen-bond acceptors (Lipinski definition) is 3. The minimum atomic E-state index is -0.448. The number of nitrogens with one attached hydrogen (secondary N) is 1. The van der Waals surface area contributed by atoms with Crippen molar-refractivity contribution in [1.29, 1.82) is 0 Å². The Bertz CT molecular complexity index is 575. The highest BCUT2D eigenvalue weighted by molar-refractivity contribution is 5.37. The van der Waals surface area contributed by atoms with Crippen LogP contribution >= 0.6 is 0 Å². The van der Waals surface area contributed by atoms with Crippen molar-refractivity contribution < 1.29 is 13.5 Å². The lowest BCUT2D eigenvalue weighted by Crippen LogP contribution is -2.19. The molecule has 1 atom stereocenters. The number of ether oxygens (including phenoxy) is 1. The number of nitrogens with zero attached hydrogens (tertiary/aromatic N) is 1. The average molecular weight is 264 g/mol. The van der Waals surface area contributed by atoms with E-state index in [4.69, 9.17) is 4.74 Å². The summed E-state index contributed by atoms with van der Waals surface area (Å²) in [5.41, 5.74) is 1.16. The van der Waals surface area contributed by atoms with Crippen molar-refractivity contribution in [3.8, 4) is 5.75 Å². The first-order chi connectivity index (χ1) is 9.17. The molecule has 3 nitrogen and oxygen atoms in total. The van der Waals surface area contributed by atoms with E-state index < -0.39 is 17.7 Å². The van der Waals surface area contributed by atoms with Crippen LogP contribution < -0.4 is 10.1 Å². The molecule has 19 heavy (non-hydrogen) atoms. The van der Waals surface area contributed by atoms with Gasteiger partial charge in [0.15, 0.2) is 11.6 Å². The van der Waals surface area contributed by atoms with Gasteiger partial charge in [0, 0.05) is 11.8 Å². The second-order valence-electron chi connectivity index (χ2n) is 4.01. The second kappa shape index (κ2) is 5.75. The minimum absolute atomic E-state index is 0.132. The molecule has 1 aromatic carbocycles. The van der Waals surface area contributed by atoms with Crippen LogP contribution in [-0.4, -0.2) is 19.1 Å². The number of methoxy groups -OCH3 is 1. The Morgan fingerprint density at radius 1 is 1.21 bits per heavy atom. The van der Waals surface area contributed by atoms with E-state index in [0.29, 0.717) is 11.1 Å². The lowest BCUT2D eigenvalue weighted by atomic mass is 9.99. The summed E-state index contributed by atoms with van der Waals surface area (Å²) >= 11 is 0. The summed E-state index contributed by atoms with van der Waals surface area (Å²) in [6, 6.07) is 5.65. The Hall–Kier alpha value is -2.01. The molecule has 5 heteroatoms. The second-order valence-corrected chi connectivity index (χ2v) is 4.01. The number of pyridine rings is 1. The van der Waals surface area contributed by atoms with E-state index in [2.05, 4.69) is 10.3 Å². The quantitative estimate of drug-likeness (QED) is 0.922. The van der Waals surface area contributed by atoms with Gasteiger partial charge in [0.25, 0.3) is 0 Å². The van der Waals surface area contributed by atoms with E-state index in [1.165, 1.54) is 19.4 Å². The van der Waals surface area contributed by atoms with Crippen LogP contribution in [0.4, 0.5) is 8.78 Å². The van der Waals surface area contributed by atoms with E-state index in [1.54, 1.807) is 25.2 Å². The molecule has 0 aliphatic carbocycles. The largest absolute Gasteiger partial charge is 0.494 e. The van der Waals surface area contributed by atoms with Crippen molar-refractivity contribution in [2.24, 2.45) is 0 Å². The maximum Gasteiger partial charge on any atom is 0.165 e. The van der Waals surface area contributed by atoms with Crippen molar-refractivity contribution in [3.05, 3.63) is 59.4 Å². The Kier molecular flexibility index (Phi) is 4.06. The van der Waals surface area contributed by atoms with Gasteiger partial charge in [-0.2, -0.15) is 0 Å². The zero-order valence-electron chi connectivity index (χ0n) is 10.7. The van der Waals surface area contributed by atoms with Gasteiger partial charge in [0.05, 0.1) is 19.3 Å². The van der Waals surface area contributed by atoms with Gasteiger partial charge in [-0.05, 0) is 30.8 Å². The topological polar surface area (TPSA) is 34.1 Å². The van der Waals surface area contributed by atoms with Crippen LogP contribution in [0.5, 0.6) is 5.75 Å². The molecule has 2 aromatic rings. The summed E-state index contributed by atoms with van der Waals surface area (Å²) in [5, 5.41) is 3.00. The van der Waals surface area contributed by atoms with Gasteiger partial charge in [-0.3, -0.25) is 4.98 Å². The maximum atomic E-state index is 13.8. The van der Waals surface area contributed by atoms with E-state index in [1.807, 2.05) is 0 Å². The third kappa shape index (κ3) is 2.71. The predicted molar refractivity (Wildman–Crippen MR) is 68.0 cm³/mol. The van der Waals surface area contributed by atoms with Crippen LogP contribution in [0.3, 0.4) is 0 Å². The molecule has 0 aliphatic heterocycles. The van der Waals surface area contributed by atoms with Crippen LogP contribution in [0.1, 0.15) is 17.2 Å². The van der Waals surface area contributed by atoms with Crippen molar-refractivity contribution in [3.63, 3.8) is 0 Å². The Morgan fingerprint density at radius 3 is 2.63 bits per heavy atom. The zero-order chi connectivity index (χ0) is 13.8. The minimum Gasteiger partial charge on any atom is -0.494 e. The highest BCUT2D eigenvalue weighted by Gasteiger charge is 2.17. The van der Waals surface area contributed by atoms with Crippen molar-refractivity contribution >= 4 is 0 Å². The molecule has 0 saturated carbocycles. The highest BCUT2D eigenvalue weighted by Crippen LogP contribution is 2.27. The van der Waals surface area contributed by atoms with Gasteiger partial charge in [-0.1, -0.05) is 6.07 Å². The molecule has 100 valence electrons. The summed E-state index contributed by atoms with van der Waals surface area (Å²) in [5.74, 6) is -0.728. The summed E-state index contributed by atoms with van der Waals surface area (Å²) in [6.45, 7) is 0. The lowest BCUT2D eigenvalue weighted by molar-refractivity contribution is 0.385. The average Bonchev–Trinajstić information content (AvgIpc) is 2.43. The Labute approximate surface area is 110 Å². The fourth-order valence-electron chi connectivity index (χ4n) is 1.98. The number of aromatic nitrogens is 1. The van der Waals surface area contributed by atoms with Crippen molar-refractivity contribution in [2.45, 2.75) is 6.04 Å². The summed E-state index contributed by atoms with van der Waals surface area (Å²) in [7, 11) is 3.10. The smallest absolute Gasteiger partial charge is 0.165 e. The molecular formula is C14H14F2N2O. The molecule has 1 N–H and O–H groups in total. The van der Waals surface area contributed by atoms with Crippen molar-refractivity contribution in [1.82, 2.24) is 10.3 Å². The normalized spacial score (nSPS) is 12.2. The van der Waals surface area contributed by atoms with Crippen LogP contribution in [0, 0.1) is 11.6 Å². The van der Waals surface area contributed by atoms with E-state index in [0.717, 1.165) is 6.20 Å². The first kappa shape index (κ1) is 13.4. The van der Waals surface area contributed by atoms with Gasteiger partial charge in [-0.25, -0.2) is 8.78 Å². The first-order valence-electron chi connectivity index (χ1n) is 5.77. The van der Waals surface area contributed by atoms with Gasteiger partial charge >= 0.3 is 0 Å². The maximum absolute atomic E-state index is 13.8. The first-order valence-corrected chi connectivity index (χ1v) is 5.77. The summed E-state index contributed by atoms with van der Waals surface area (Å²) < 4.78 is 32.1. The van der Waals surface area contributed by atoms with Crippen LogP contribution in [0.2, 0.25) is 0 Å². The molecule has 0 spiro atoms. The molecule has 2 rings (SSSR count). The molecule has 1 heterocycles. The highest BCUT2D eigenvalue weighted by atomic mass is 19.1. The fraction of sp³-hybridized carbons (Fsp3) is 0.214. The van der Waals surface area contributed by atoms with Gasteiger partial charge < -0.3 is 10.1 Å². The monoisotopic (exact) mass is 264 g/mol. The van der Waals surface area contributed by atoms with Gasteiger partial charge in [-0.15, -0.1) is 0 Å². The van der Waals surface area contributed by atoms with E-state index in [-0.39, 0.29) is 5.75 Å². The number of rotatable bonds is 4. The molecule has 0 radical (unpaired) electrons. The molecule has 1 aromatic heterocycles. The molecule has 1 unspecified atom stereocenters. The molecular weight excluding hydrogens is 250 g/mol. The van der Waals surface area contributed by atoms with Crippen LogP contribution in [0.25, 0.3) is 0 Å². The van der Waals surface area contributed by atoms with Crippen LogP contribution in [0.15, 0.2) is 36.7 Å². The Balaban J connectivity index is 2.45. The van der Waals surface area contributed by atoms with Crippen LogP contribution in [-0.2, 0) is 0 Å². The fourth-order valence-corrected chi connectivity index (χ4v) is 1.98. The Morgan fingerprint density at radius 2 is 2.00 bits per heavy atom. The molecule has 0 fully saturated rings. The lowest BCUT2D eigenvalue weighted by Gasteiger charge is -2.18. The van der Waals surface area contributed by atoms with E-state index >= 15 is 0 Å². The molecule has 0 amide bonds. The van der Waals surface area contributed by atoms with Gasteiger partial charge in [0.2, 0.25) is 0 Å². The van der Waals surface area contributed by atoms with Crippen molar-refractivity contribution in [2.75, 3.05) is 14.2 Å².